The van der Waals surface area contributed by atoms with Crippen molar-refractivity contribution in [1.29, 1.82) is 5.26 Å². The molecule has 0 spiro atoms. The Balaban J connectivity index is 1.81. The fourth-order valence-electron chi connectivity index (χ4n) is 3.23. The number of aryl methyl sites for hydroxylation is 1. The molecule has 0 bridgehead atoms. The fraction of sp³-hybridized carbons (Fsp3) is 0.240. The van der Waals surface area contributed by atoms with E-state index in [1.165, 1.54) is 0 Å². The van der Waals surface area contributed by atoms with Crippen molar-refractivity contribution in [3.05, 3.63) is 78.9 Å². The smallest absolute Gasteiger partial charge is 0.175 e. The first-order valence-electron chi connectivity index (χ1n) is 10.6. The van der Waals surface area contributed by atoms with Crippen molar-refractivity contribution in [2.24, 2.45) is 5.10 Å². The zero-order chi connectivity index (χ0) is 25.4. The molecule has 0 unspecified atom stereocenters. The van der Waals surface area contributed by atoms with Crippen LogP contribution in [0.2, 0.25) is 10.0 Å². The summed E-state index contributed by atoms with van der Waals surface area (Å²) in [5.41, 5.74) is 6.36. The second-order valence-corrected chi connectivity index (χ2v) is 9.03. The SMILES string of the molecule is CCOc1cc(C=NNc2nc(C)cc(COC)c2C#N)cc(Br)c1OCc1ccc(Cl)c(Cl)c1. The first-order chi connectivity index (χ1) is 16.9. The number of ether oxygens (including phenoxy) is 3. The van der Waals surface area contributed by atoms with Crippen LogP contribution in [0.5, 0.6) is 11.5 Å². The topological polar surface area (TPSA) is 88.8 Å². The molecule has 0 aliphatic heterocycles. The third-order valence-corrected chi connectivity index (χ3v) is 6.05. The van der Waals surface area contributed by atoms with Gasteiger partial charge in [0.1, 0.15) is 18.2 Å². The lowest BCUT2D eigenvalue weighted by molar-refractivity contribution is 0.184. The quantitative estimate of drug-likeness (QED) is 0.208. The van der Waals surface area contributed by atoms with Gasteiger partial charge in [0.05, 0.1) is 33.9 Å². The number of rotatable bonds is 10. The van der Waals surface area contributed by atoms with Crippen molar-refractivity contribution in [3.63, 3.8) is 0 Å². The average Bonchev–Trinajstić information content (AvgIpc) is 2.81. The van der Waals surface area contributed by atoms with Crippen LogP contribution in [0, 0.1) is 18.3 Å². The van der Waals surface area contributed by atoms with Gasteiger partial charge >= 0.3 is 0 Å². The van der Waals surface area contributed by atoms with E-state index in [1.807, 2.05) is 38.1 Å². The van der Waals surface area contributed by atoms with Gasteiger partial charge in [-0.2, -0.15) is 10.4 Å². The van der Waals surface area contributed by atoms with Gasteiger partial charge < -0.3 is 14.2 Å². The molecule has 0 fully saturated rings. The highest BCUT2D eigenvalue weighted by atomic mass is 79.9. The van der Waals surface area contributed by atoms with Crippen molar-refractivity contribution in [2.75, 3.05) is 19.1 Å². The van der Waals surface area contributed by atoms with Crippen molar-refractivity contribution in [1.82, 2.24) is 4.98 Å². The third kappa shape index (κ3) is 7.09. The Morgan fingerprint density at radius 3 is 2.63 bits per heavy atom. The van der Waals surface area contributed by atoms with Gasteiger partial charge in [0, 0.05) is 18.4 Å². The van der Waals surface area contributed by atoms with Crippen LogP contribution in [-0.4, -0.2) is 24.9 Å². The van der Waals surface area contributed by atoms with Crippen molar-refractivity contribution >= 4 is 51.2 Å². The van der Waals surface area contributed by atoms with E-state index in [4.69, 9.17) is 37.4 Å². The Hall–Kier alpha value is -2.83. The molecule has 1 aromatic heterocycles. The number of hydrogen-bond acceptors (Lipinski definition) is 7. The van der Waals surface area contributed by atoms with E-state index in [0.29, 0.717) is 50.6 Å². The Bertz CT molecular complexity index is 1280. The van der Waals surface area contributed by atoms with Gasteiger partial charge in [-0.25, -0.2) is 4.98 Å². The number of anilines is 1. The molecule has 0 aliphatic carbocycles. The molecule has 7 nitrogen and oxygen atoms in total. The van der Waals surface area contributed by atoms with Crippen molar-refractivity contribution < 1.29 is 14.2 Å². The maximum absolute atomic E-state index is 9.57. The minimum atomic E-state index is 0.282. The normalized spacial score (nSPS) is 10.9. The predicted molar refractivity (Wildman–Crippen MR) is 142 cm³/mol. The van der Waals surface area contributed by atoms with E-state index in [2.05, 4.69) is 37.5 Å². The molecule has 0 radical (unpaired) electrons. The molecule has 0 atom stereocenters. The van der Waals surface area contributed by atoms with Crippen LogP contribution in [0.15, 0.2) is 46.0 Å². The van der Waals surface area contributed by atoms with Gasteiger partial charge in [0.15, 0.2) is 17.3 Å². The number of methoxy groups -OCH3 is 1. The highest BCUT2D eigenvalue weighted by molar-refractivity contribution is 9.10. The van der Waals surface area contributed by atoms with Crippen LogP contribution in [0.3, 0.4) is 0 Å². The molecule has 2 aromatic carbocycles. The van der Waals surface area contributed by atoms with Gasteiger partial charge in [-0.3, -0.25) is 5.43 Å². The minimum absolute atomic E-state index is 0.282. The number of aromatic nitrogens is 1. The maximum Gasteiger partial charge on any atom is 0.175 e. The number of hydrazone groups is 1. The Labute approximate surface area is 222 Å². The summed E-state index contributed by atoms with van der Waals surface area (Å²) in [6, 6.07) is 13.0. The molecule has 3 rings (SSSR count). The van der Waals surface area contributed by atoms with E-state index < -0.39 is 0 Å². The summed E-state index contributed by atoms with van der Waals surface area (Å²) < 4.78 is 17.7. The van der Waals surface area contributed by atoms with E-state index >= 15 is 0 Å². The second-order valence-electron chi connectivity index (χ2n) is 7.36. The number of hydrogen-bond donors (Lipinski definition) is 1. The summed E-state index contributed by atoms with van der Waals surface area (Å²) in [5, 5.41) is 14.8. The van der Waals surface area contributed by atoms with Gasteiger partial charge in [0.25, 0.3) is 0 Å². The lowest BCUT2D eigenvalue weighted by atomic mass is 10.1. The van der Waals surface area contributed by atoms with Crippen LogP contribution in [0.4, 0.5) is 5.82 Å². The molecule has 0 amide bonds. The van der Waals surface area contributed by atoms with E-state index in [1.54, 1.807) is 25.5 Å². The molecule has 10 heteroatoms. The monoisotopic (exact) mass is 576 g/mol. The molecule has 35 heavy (non-hydrogen) atoms. The largest absolute Gasteiger partial charge is 0.490 e. The Kier molecular flexibility index (Phi) is 9.75. The predicted octanol–water partition coefficient (Wildman–Crippen LogP) is 6.90. The minimum Gasteiger partial charge on any atom is -0.490 e. The first kappa shape index (κ1) is 26.8. The summed E-state index contributed by atoms with van der Waals surface area (Å²) in [7, 11) is 1.58. The van der Waals surface area contributed by atoms with E-state index in [0.717, 1.165) is 22.4 Å². The summed E-state index contributed by atoms with van der Waals surface area (Å²) in [6.45, 7) is 4.78. The van der Waals surface area contributed by atoms with Crippen LogP contribution in [0.1, 0.15) is 34.9 Å². The number of halogens is 3. The molecule has 1 heterocycles. The highest BCUT2D eigenvalue weighted by Crippen LogP contribution is 2.37. The Morgan fingerprint density at radius 2 is 1.94 bits per heavy atom. The molecule has 0 saturated heterocycles. The molecule has 1 N–H and O–H groups in total. The summed E-state index contributed by atoms with van der Waals surface area (Å²) >= 11 is 15.7. The highest BCUT2D eigenvalue weighted by Gasteiger charge is 2.14. The third-order valence-electron chi connectivity index (χ3n) is 4.72. The number of nitrogens with zero attached hydrogens (tertiary/aromatic N) is 3. The van der Waals surface area contributed by atoms with Crippen LogP contribution in [0.25, 0.3) is 0 Å². The lowest BCUT2D eigenvalue weighted by Crippen LogP contribution is -2.04. The zero-order valence-corrected chi connectivity index (χ0v) is 22.5. The van der Waals surface area contributed by atoms with Crippen LogP contribution in [-0.2, 0) is 18.0 Å². The molecule has 182 valence electrons. The molecular formula is C25H23BrCl2N4O3. The summed E-state index contributed by atoms with van der Waals surface area (Å²) in [4.78, 5) is 4.39. The van der Waals surface area contributed by atoms with Crippen molar-refractivity contribution in [3.8, 4) is 17.6 Å². The van der Waals surface area contributed by atoms with E-state index in [-0.39, 0.29) is 6.61 Å². The number of pyridine rings is 1. The van der Waals surface area contributed by atoms with Gasteiger partial charge in [-0.1, -0.05) is 29.3 Å². The van der Waals surface area contributed by atoms with Gasteiger partial charge in [0.2, 0.25) is 0 Å². The fourth-order valence-corrected chi connectivity index (χ4v) is 4.13. The van der Waals surface area contributed by atoms with Crippen LogP contribution < -0.4 is 14.9 Å². The molecular weight excluding hydrogens is 555 g/mol. The van der Waals surface area contributed by atoms with Gasteiger partial charge in [-0.15, -0.1) is 0 Å². The lowest BCUT2D eigenvalue weighted by Gasteiger charge is -2.15. The molecule has 0 saturated carbocycles. The van der Waals surface area contributed by atoms with Crippen molar-refractivity contribution in [2.45, 2.75) is 27.1 Å². The number of benzene rings is 2. The second kappa shape index (κ2) is 12.8. The average molecular weight is 578 g/mol. The van der Waals surface area contributed by atoms with Crippen LogP contribution >= 0.6 is 39.1 Å². The molecule has 0 aliphatic rings. The summed E-state index contributed by atoms with van der Waals surface area (Å²) in [6.07, 6.45) is 1.61. The Morgan fingerprint density at radius 1 is 1.14 bits per heavy atom. The molecule has 3 aromatic rings. The zero-order valence-electron chi connectivity index (χ0n) is 19.4. The van der Waals surface area contributed by atoms with Gasteiger partial charge in [-0.05, 0) is 71.2 Å². The van der Waals surface area contributed by atoms with E-state index in [9.17, 15) is 5.26 Å². The first-order valence-corrected chi connectivity index (χ1v) is 12.1. The number of nitriles is 1. The summed E-state index contributed by atoms with van der Waals surface area (Å²) in [5.74, 6) is 1.47. The maximum atomic E-state index is 9.57. The standard InChI is InChI=1S/C25H23BrCl2N4O3/c1-4-34-23-10-17(8-20(26)24(23)35-13-16-5-6-21(27)22(28)9-16)12-30-32-25-19(11-29)18(14-33-3)7-15(2)31-25/h5-10,12H,4,13-14H2,1-3H3,(H,31,32). The number of nitrogens with one attached hydrogen (secondary N) is 1.